The lowest BCUT2D eigenvalue weighted by Gasteiger charge is -2.37. The van der Waals surface area contributed by atoms with Crippen LogP contribution in [0.2, 0.25) is 0 Å². The van der Waals surface area contributed by atoms with Crippen molar-refractivity contribution >= 4 is 15.9 Å². The van der Waals surface area contributed by atoms with Gasteiger partial charge < -0.3 is 0 Å². The summed E-state index contributed by atoms with van der Waals surface area (Å²) in [6.07, 6.45) is 3.46. The van der Waals surface area contributed by atoms with E-state index in [2.05, 4.69) is 13.8 Å². The number of benzene rings is 1. The summed E-state index contributed by atoms with van der Waals surface area (Å²) < 4.78 is 27.2. The van der Waals surface area contributed by atoms with E-state index in [9.17, 15) is 13.2 Å². The lowest BCUT2D eigenvalue weighted by atomic mass is 9.69. The van der Waals surface area contributed by atoms with Crippen LogP contribution in [0.25, 0.3) is 0 Å². The summed E-state index contributed by atoms with van der Waals surface area (Å²) in [6, 6.07) is 9.70. The topological polar surface area (TPSA) is 54.5 Å². The van der Waals surface area contributed by atoms with Gasteiger partial charge >= 0.3 is 0 Å². The number of carbonyl (C=O) groups is 1. The van der Waals surface area contributed by atoms with Gasteiger partial charge in [0.15, 0.2) is 0 Å². The molecule has 4 rings (SSSR count). The Morgan fingerprint density at radius 2 is 1.96 bits per heavy atom. The predicted octanol–water partition coefficient (Wildman–Crippen LogP) is 3.23. The molecule has 136 valence electrons. The molecule has 2 bridgehead atoms. The van der Waals surface area contributed by atoms with Gasteiger partial charge in [-0.15, -0.1) is 0 Å². The molecule has 1 aromatic carbocycles. The van der Waals surface area contributed by atoms with Crippen molar-refractivity contribution < 1.29 is 13.2 Å². The molecule has 0 aromatic heterocycles. The van der Waals surface area contributed by atoms with Gasteiger partial charge in [0.2, 0.25) is 15.9 Å². The number of rotatable bonds is 3. The van der Waals surface area contributed by atoms with Crippen LogP contribution in [0.3, 0.4) is 0 Å². The molecule has 1 heterocycles. The number of hydrogen-bond acceptors (Lipinski definition) is 3. The molecule has 1 spiro atoms. The van der Waals surface area contributed by atoms with Crippen LogP contribution in [0.15, 0.2) is 30.3 Å². The van der Waals surface area contributed by atoms with Crippen molar-refractivity contribution in [3.05, 3.63) is 35.9 Å². The van der Waals surface area contributed by atoms with E-state index in [1.165, 1.54) is 4.31 Å². The zero-order chi connectivity index (χ0) is 18.0. The van der Waals surface area contributed by atoms with Gasteiger partial charge in [-0.2, -0.15) is 0 Å². The number of fused-ring (bicyclic) bond motifs is 1. The molecule has 3 aliphatic rings. The van der Waals surface area contributed by atoms with Crippen LogP contribution >= 0.6 is 0 Å². The molecule has 2 saturated carbocycles. The Kier molecular flexibility index (Phi) is 3.63. The number of amides is 1. The van der Waals surface area contributed by atoms with Crippen LogP contribution in [0.5, 0.6) is 0 Å². The molecule has 3 fully saturated rings. The number of hydrogen-bond donors (Lipinski definition) is 0. The number of nitrogens with zero attached hydrogens (tertiary/aromatic N) is 1. The summed E-state index contributed by atoms with van der Waals surface area (Å²) in [7, 11) is -3.51. The summed E-state index contributed by atoms with van der Waals surface area (Å²) in [5, 5.41) is 0. The monoisotopic (exact) mass is 361 g/mol. The Labute approximate surface area is 150 Å². The molecule has 0 radical (unpaired) electrons. The second-order valence-electron chi connectivity index (χ2n) is 8.85. The minimum atomic E-state index is -3.51. The first-order valence-electron chi connectivity index (χ1n) is 9.29. The Morgan fingerprint density at radius 1 is 1.28 bits per heavy atom. The SMILES string of the molecule is C[C@H](Cc1ccccc1)C(=O)N1C2CC3CCC2(CS1(=O)=O)C3(C)C. The highest BCUT2D eigenvalue weighted by molar-refractivity contribution is 7.90. The summed E-state index contributed by atoms with van der Waals surface area (Å²) in [6.45, 7) is 6.28. The highest BCUT2D eigenvalue weighted by Crippen LogP contribution is 2.70. The van der Waals surface area contributed by atoms with Crippen LogP contribution in [-0.4, -0.2) is 30.4 Å². The third kappa shape index (κ3) is 2.24. The van der Waals surface area contributed by atoms with Gasteiger partial charge in [0.1, 0.15) is 0 Å². The van der Waals surface area contributed by atoms with Crippen molar-refractivity contribution in [3.8, 4) is 0 Å². The van der Waals surface area contributed by atoms with Gasteiger partial charge in [-0.3, -0.25) is 4.79 Å². The van der Waals surface area contributed by atoms with Crippen molar-refractivity contribution in [1.29, 1.82) is 0 Å². The molecule has 25 heavy (non-hydrogen) atoms. The molecule has 1 aliphatic heterocycles. The molecule has 1 amide bonds. The highest BCUT2D eigenvalue weighted by atomic mass is 32.2. The molecule has 2 aliphatic carbocycles. The maximum absolute atomic E-state index is 13.1. The minimum Gasteiger partial charge on any atom is -0.273 e. The first kappa shape index (κ1) is 17.1. The van der Waals surface area contributed by atoms with E-state index in [1.54, 1.807) is 0 Å². The van der Waals surface area contributed by atoms with Gasteiger partial charge in [0, 0.05) is 11.3 Å². The second-order valence-corrected chi connectivity index (χ2v) is 10.7. The Bertz CT molecular complexity index is 801. The van der Waals surface area contributed by atoms with E-state index >= 15 is 0 Å². The quantitative estimate of drug-likeness (QED) is 0.830. The third-order valence-electron chi connectivity index (χ3n) is 7.43. The van der Waals surface area contributed by atoms with Crippen molar-refractivity contribution in [2.24, 2.45) is 22.7 Å². The molecule has 4 nitrogen and oxygen atoms in total. The lowest BCUT2D eigenvalue weighted by Crippen LogP contribution is -2.46. The van der Waals surface area contributed by atoms with E-state index in [0.29, 0.717) is 12.3 Å². The van der Waals surface area contributed by atoms with Gasteiger partial charge in [-0.25, -0.2) is 12.7 Å². The van der Waals surface area contributed by atoms with Gasteiger partial charge in [0.05, 0.1) is 11.8 Å². The first-order valence-corrected chi connectivity index (χ1v) is 10.9. The zero-order valence-electron chi connectivity index (χ0n) is 15.2. The number of carbonyl (C=O) groups excluding carboxylic acids is 1. The fraction of sp³-hybridized carbons (Fsp3) is 0.650. The summed E-state index contributed by atoms with van der Waals surface area (Å²) in [5.41, 5.74) is 0.837. The van der Waals surface area contributed by atoms with Crippen molar-refractivity contribution in [3.63, 3.8) is 0 Å². The summed E-state index contributed by atoms with van der Waals surface area (Å²) >= 11 is 0. The number of sulfonamides is 1. The molecule has 4 atom stereocenters. The van der Waals surface area contributed by atoms with Crippen LogP contribution in [0.1, 0.15) is 45.6 Å². The molecule has 1 aromatic rings. The maximum atomic E-state index is 13.1. The average Bonchev–Trinajstić information content (AvgIpc) is 3.02. The smallest absolute Gasteiger partial charge is 0.239 e. The fourth-order valence-corrected chi connectivity index (χ4v) is 8.48. The zero-order valence-corrected chi connectivity index (χ0v) is 16.1. The molecule has 5 heteroatoms. The van der Waals surface area contributed by atoms with Crippen molar-refractivity contribution in [1.82, 2.24) is 4.31 Å². The van der Waals surface area contributed by atoms with Crippen molar-refractivity contribution in [2.75, 3.05) is 5.75 Å². The summed E-state index contributed by atoms with van der Waals surface area (Å²) in [5.74, 6) is 0.147. The van der Waals surface area contributed by atoms with Gasteiger partial charge in [0.25, 0.3) is 0 Å². The Balaban J connectivity index is 1.63. The maximum Gasteiger partial charge on any atom is 0.239 e. The van der Waals surface area contributed by atoms with E-state index < -0.39 is 10.0 Å². The van der Waals surface area contributed by atoms with E-state index in [-0.39, 0.29) is 34.4 Å². The summed E-state index contributed by atoms with van der Waals surface area (Å²) in [4.78, 5) is 13.1. The molecular weight excluding hydrogens is 334 g/mol. The molecule has 3 unspecified atom stereocenters. The predicted molar refractivity (Wildman–Crippen MR) is 97.3 cm³/mol. The molecular formula is C20H27NO3S. The van der Waals surface area contributed by atoms with Crippen LogP contribution < -0.4 is 0 Å². The van der Waals surface area contributed by atoms with Crippen molar-refractivity contribution in [2.45, 2.75) is 52.5 Å². The van der Waals surface area contributed by atoms with Crippen LogP contribution in [0.4, 0.5) is 0 Å². The first-order chi connectivity index (χ1) is 11.7. The lowest BCUT2D eigenvalue weighted by molar-refractivity contribution is -0.132. The van der Waals surface area contributed by atoms with E-state index in [0.717, 1.165) is 24.8 Å². The third-order valence-corrected chi connectivity index (χ3v) is 9.35. The molecule has 1 saturated heterocycles. The van der Waals surface area contributed by atoms with Crippen LogP contribution in [-0.2, 0) is 21.2 Å². The van der Waals surface area contributed by atoms with Gasteiger partial charge in [-0.05, 0) is 42.6 Å². The normalized spacial score (nSPS) is 35.6. The standard InChI is InChI=1S/C20H27NO3S/c1-14(11-15-7-5-4-6-8-15)18(22)21-17-12-16-9-10-20(17,19(16,2)3)13-25(21,23)24/h4-8,14,16-17H,9-13H2,1-3H3/t14-,16?,17?,20?/m1/s1. The fourth-order valence-electron chi connectivity index (χ4n) is 5.85. The Hall–Kier alpha value is -1.36. The second kappa shape index (κ2) is 5.32. The average molecular weight is 362 g/mol. The van der Waals surface area contributed by atoms with Gasteiger partial charge in [-0.1, -0.05) is 51.1 Å². The van der Waals surface area contributed by atoms with E-state index in [1.807, 2.05) is 37.3 Å². The minimum absolute atomic E-state index is 0.00242. The van der Waals surface area contributed by atoms with Crippen LogP contribution in [0, 0.1) is 22.7 Å². The molecule has 0 N–H and O–H groups in total. The highest BCUT2D eigenvalue weighted by Gasteiger charge is 2.72. The largest absolute Gasteiger partial charge is 0.273 e. The van der Waals surface area contributed by atoms with E-state index in [4.69, 9.17) is 0 Å². The Morgan fingerprint density at radius 3 is 2.60 bits per heavy atom.